The molecule has 1 saturated heterocycles. The zero-order valence-electron chi connectivity index (χ0n) is 11.5. The molecule has 1 heterocycles. The van der Waals surface area contributed by atoms with Gasteiger partial charge in [0.15, 0.2) is 0 Å². The lowest BCUT2D eigenvalue weighted by Crippen LogP contribution is -2.38. The van der Waals surface area contributed by atoms with E-state index in [2.05, 4.69) is 17.3 Å². The van der Waals surface area contributed by atoms with Crippen LogP contribution in [0.5, 0.6) is 0 Å². The minimum Gasteiger partial charge on any atom is -0.313 e. The van der Waals surface area contributed by atoms with Crippen molar-refractivity contribution >= 4 is 11.6 Å². The number of piperidine rings is 1. The summed E-state index contributed by atoms with van der Waals surface area (Å²) in [4.78, 5) is 2.46. The van der Waals surface area contributed by atoms with Gasteiger partial charge >= 0.3 is 0 Å². The van der Waals surface area contributed by atoms with Crippen LogP contribution in [0.15, 0.2) is 18.2 Å². The fourth-order valence-corrected chi connectivity index (χ4v) is 2.86. The van der Waals surface area contributed by atoms with E-state index >= 15 is 0 Å². The predicted molar refractivity (Wildman–Crippen MR) is 78.0 cm³/mol. The van der Waals surface area contributed by atoms with Crippen LogP contribution in [0.25, 0.3) is 0 Å². The van der Waals surface area contributed by atoms with Crippen molar-refractivity contribution in [1.29, 1.82) is 0 Å². The molecule has 0 bridgehead atoms. The molecule has 1 aliphatic heterocycles. The first-order valence-corrected chi connectivity index (χ1v) is 7.39. The van der Waals surface area contributed by atoms with Gasteiger partial charge in [-0.25, -0.2) is 4.39 Å². The monoisotopic (exact) mass is 284 g/mol. The van der Waals surface area contributed by atoms with E-state index in [9.17, 15) is 4.39 Å². The lowest BCUT2D eigenvalue weighted by atomic mass is 10.0. The van der Waals surface area contributed by atoms with E-state index in [1.54, 1.807) is 12.1 Å². The van der Waals surface area contributed by atoms with Gasteiger partial charge < -0.3 is 10.2 Å². The van der Waals surface area contributed by atoms with Crippen molar-refractivity contribution in [2.45, 2.75) is 38.3 Å². The van der Waals surface area contributed by atoms with E-state index in [1.807, 2.05) is 0 Å². The van der Waals surface area contributed by atoms with Crippen LogP contribution in [0.1, 0.15) is 31.2 Å². The molecule has 0 saturated carbocycles. The number of nitrogens with zero attached hydrogens (tertiary/aromatic N) is 1. The molecule has 0 amide bonds. The molecule has 1 atom stereocenters. The fourth-order valence-electron chi connectivity index (χ4n) is 2.66. The number of hydrogen-bond acceptors (Lipinski definition) is 2. The fraction of sp³-hybridized carbons (Fsp3) is 0.600. The highest BCUT2D eigenvalue weighted by atomic mass is 35.5. The minimum absolute atomic E-state index is 0.200. The molecule has 1 aromatic carbocycles. The average molecular weight is 285 g/mol. The molecule has 2 nitrogen and oxygen atoms in total. The smallest absolute Gasteiger partial charge is 0.141 e. The third-order valence-corrected chi connectivity index (χ3v) is 4.18. The Morgan fingerprint density at radius 1 is 1.42 bits per heavy atom. The number of hydrogen-bond donors (Lipinski definition) is 1. The van der Waals surface area contributed by atoms with Crippen LogP contribution < -0.4 is 5.32 Å². The van der Waals surface area contributed by atoms with Gasteiger partial charge in [0.25, 0.3) is 0 Å². The van der Waals surface area contributed by atoms with Gasteiger partial charge in [0.05, 0.1) is 5.02 Å². The molecular formula is C15H22ClFN2. The van der Waals surface area contributed by atoms with Crippen molar-refractivity contribution in [3.63, 3.8) is 0 Å². The van der Waals surface area contributed by atoms with Crippen molar-refractivity contribution in [3.05, 3.63) is 34.6 Å². The second-order valence-electron chi connectivity index (χ2n) is 5.34. The highest BCUT2D eigenvalue weighted by molar-refractivity contribution is 6.30. The van der Waals surface area contributed by atoms with Crippen molar-refractivity contribution < 1.29 is 4.39 Å². The normalized spacial score (nSPS) is 20.7. The van der Waals surface area contributed by atoms with Crippen LogP contribution in [0.2, 0.25) is 5.02 Å². The van der Waals surface area contributed by atoms with E-state index in [0.29, 0.717) is 6.04 Å². The summed E-state index contributed by atoms with van der Waals surface area (Å²) in [7, 11) is 2.21. The molecule has 19 heavy (non-hydrogen) atoms. The maximum absolute atomic E-state index is 13.0. The minimum atomic E-state index is -0.353. The van der Waals surface area contributed by atoms with E-state index in [0.717, 1.165) is 18.7 Å². The molecule has 1 fully saturated rings. The molecular weight excluding hydrogens is 263 g/mol. The largest absolute Gasteiger partial charge is 0.313 e. The molecule has 1 aromatic rings. The lowest BCUT2D eigenvalue weighted by molar-refractivity contribution is 0.175. The first-order valence-electron chi connectivity index (χ1n) is 7.01. The second kappa shape index (κ2) is 7.22. The van der Waals surface area contributed by atoms with E-state index in [4.69, 9.17) is 11.6 Å². The highest BCUT2D eigenvalue weighted by Crippen LogP contribution is 2.18. The lowest BCUT2D eigenvalue weighted by Gasteiger charge is -2.32. The predicted octanol–water partition coefficient (Wildman–Crippen LogP) is 3.44. The number of nitrogens with one attached hydrogen (secondary N) is 1. The van der Waals surface area contributed by atoms with Gasteiger partial charge in [-0.1, -0.05) is 24.1 Å². The first-order chi connectivity index (χ1) is 9.16. The van der Waals surface area contributed by atoms with Crippen LogP contribution >= 0.6 is 11.6 Å². The third kappa shape index (κ3) is 4.44. The Balaban J connectivity index is 1.70. The number of benzene rings is 1. The molecule has 2 rings (SSSR count). The summed E-state index contributed by atoms with van der Waals surface area (Å²) in [6.45, 7) is 2.96. The van der Waals surface area contributed by atoms with Crippen molar-refractivity contribution in [1.82, 2.24) is 10.2 Å². The highest BCUT2D eigenvalue weighted by Gasteiger charge is 2.17. The van der Waals surface area contributed by atoms with E-state index < -0.39 is 0 Å². The third-order valence-electron chi connectivity index (χ3n) is 3.89. The Morgan fingerprint density at radius 2 is 2.26 bits per heavy atom. The topological polar surface area (TPSA) is 15.3 Å². The summed E-state index contributed by atoms with van der Waals surface area (Å²) in [5.41, 5.74) is 1.03. The van der Waals surface area contributed by atoms with E-state index in [1.165, 1.54) is 38.3 Å². The molecule has 1 N–H and O–H groups in total. The molecule has 106 valence electrons. The van der Waals surface area contributed by atoms with Crippen molar-refractivity contribution in [2.24, 2.45) is 0 Å². The summed E-state index contributed by atoms with van der Waals surface area (Å²) in [5, 5.41) is 3.61. The number of halogens is 2. The summed E-state index contributed by atoms with van der Waals surface area (Å²) >= 11 is 5.76. The quantitative estimate of drug-likeness (QED) is 0.833. The van der Waals surface area contributed by atoms with Crippen LogP contribution in [-0.2, 0) is 6.54 Å². The maximum Gasteiger partial charge on any atom is 0.141 e. The summed E-state index contributed by atoms with van der Waals surface area (Å²) in [6, 6.07) is 5.60. The van der Waals surface area contributed by atoms with Crippen LogP contribution in [0.3, 0.4) is 0 Å². The molecule has 4 heteroatoms. The van der Waals surface area contributed by atoms with Gasteiger partial charge in [0.2, 0.25) is 0 Å². The van der Waals surface area contributed by atoms with Crippen LogP contribution in [0.4, 0.5) is 4.39 Å². The first kappa shape index (κ1) is 14.8. The van der Waals surface area contributed by atoms with Gasteiger partial charge in [-0.15, -0.1) is 0 Å². The van der Waals surface area contributed by atoms with Crippen molar-refractivity contribution in [2.75, 3.05) is 20.1 Å². The number of likely N-dealkylation sites (tertiary alicyclic amines) is 1. The molecule has 0 aromatic heterocycles. The second-order valence-corrected chi connectivity index (χ2v) is 5.75. The Morgan fingerprint density at radius 3 is 3.00 bits per heavy atom. The SMILES string of the molecule is CN1CCCCC1CCNCc1ccc(F)c(Cl)c1. The Hall–Kier alpha value is -0.640. The Kier molecular flexibility index (Phi) is 5.61. The molecule has 0 spiro atoms. The zero-order chi connectivity index (χ0) is 13.7. The summed E-state index contributed by atoms with van der Waals surface area (Å²) in [6.07, 6.45) is 5.16. The van der Waals surface area contributed by atoms with Gasteiger partial charge in [0, 0.05) is 12.6 Å². The van der Waals surface area contributed by atoms with Gasteiger partial charge in [0.1, 0.15) is 5.82 Å². The van der Waals surface area contributed by atoms with E-state index in [-0.39, 0.29) is 10.8 Å². The average Bonchev–Trinajstić information content (AvgIpc) is 2.40. The molecule has 1 unspecified atom stereocenters. The Labute approximate surface area is 119 Å². The van der Waals surface area contributed by atoms with Crippen LogP contribution in [0, 0.1) is 5.82 Å². The summed E-state index contributed by atoms with van der Waals surface area (Å²) < 4.78 is 13.0. The Bertz CT molecular complexity index is 411. The molecule has 0 aliphatic carbocycles. The van der Waals surface area contributed by atoms with Gasteiger partial charge in [-0.3, -0.25) is 0 Å². The molecule has 0 radical (unpaired) electrons. The van der Waals surface area contributed by atoms with Crippen LogP contribution in [-0.4, -0.2) is 31.1 Å². The standard InChI is InChI=1S/C15H22ClFN2/c1-19-9-3-2-4-13(19)7-8-18-11-12-5-6-15(17)14(16)10-12/h5-6,10,13,18H,2-4,7-9,11H2,1H3. The number of rotatable bonds is 5. The van der Waals surface area contributed by atoms with Gasteiger partial charge in [-0.2, -0.15) is 0 Å². The van der Waals surface area contributed by atoms with Gasteiger partial charge in [-0.05, 0) is 57.1 Å². The maximum atomic E-state index is 13.0. The molecule has 1 aliphatic rings. The summed E-state index contributed by atoms with van der Waals surface area (Å²) in [5.74, 6) is -0.353. The van der Waals surface area contributed by atoms with Crippen molar-refractivity contribution in [3.8, 4) is 0 Å². The zero-order valence-corrected chi connectivity index (χ0v) is 12.2.